The van der Waals surface area contributed by atoms with Crippen LogP contribution in [0, 0.1) is 18.3 Å². The molecule has 0 aromatic carbocycles. The Morgan fingerprint density at radius 3 is 3.00 bits per heavy atom. The Morgan fingerprint density at radius 2 is 2.54 bits per heavy atom. The standard InChI is InChI=1S/C8H8N2O3/c1-5(3-9)12-8(11)7-4-10-13-6(7)2/h4-5H,1-2H3. The van der Waals surface area contributed by atoms with Crippen LogP contribution in [0.5, 0.6) is 0 Å². The van der Waals surface area contributed by atoms with Crippen molar-refractivity contribution in [3.8, 4) is 6.07 Å². The molecule has 5 heteroatoms. The van der Waals surface area contributed by atoms with Crippen LogP contribution in [0.2, 0.25) is 0 Å². The van der Waals surface area contributed by atoms with E-state index in [1.54, 1.807) is 13.0 Å². The van der Waals surface area contributed by atoms with Crippen LogP contribution in [-0.4, -0.2) is 17.2 Å². The third kappa shape index (κ3) is 2.06. The second-order valence-electron chi connectivity index (χ2n) is 2.47. The van der Waals surface area contributed by atoms with Crippen LogP contribution >= 0.6 is 0 Å². The van der Waals surface area contributed by atoms with Gasteiger partial charge in [0.1, 0.15) is 17.4 Å². The van der Waals surface area contributed by atoms with E-state index in [1.165, 1.54) is 13.1 Å². The Bertz CT molecular complexity index is 351. The van der Waals surface area contributed by atoms with Crippen molar-refractivity contribution in [2.24, 2.45) is 0 Å². The maximum absolute atomic E-state index is 11.2. The maximum atomic E-state index is 11.2. The summed E-state index contributed by atoms with van der Waals surface area (Å²) in [5.74, 6) is -0.206. The van der Waals surface area contributed by atoms with Gasteiger partial charge >= 0.3 is 5.97 Å². The van der Waals surface area contributed by atoms with Crippen molar-refractivity contribution in [1.82, 2.24) is 5.16 Å². The van der Waals surface area contributed by atoms with E-state index in [0.717, 1.165) is 0 Å². The van der Waals surface area contributed by atoms with E-state index in [-0.39, 0.29) is 5.56 Å². The normalized spacial score (nSPS) is 11.8. The number of carbonyl (C=O) groups excluding carboxylic acids is 1. The molecule has 0 N–H and O–H groups in total. The van der Waals surface area contributed by atoms with Crippen molar-refractivity contribution in [2.45, 2.75) is 20.0 Å². The highest BCUT2D eigenvalue weighted by atomic mass is 16.5. The Hall–Kier alpha value is -1.83. The topological polar surface area (TPSA) is 76.1 Å². The van der Waals surface area contributed by atoms with Gasteiger partial charge in [-0.2, -0.15) is 5.26 Å². The van der Waals surface area contributed by atoms with Crippen LogP contribution in [0.25, 0.3) is 0 Å². The van der Waals surface area contributed by atoms with Crippen molar-refractivity contribution >= 4 is 5.97 Å². The zero-order chi connectivity index (χ0) is 9.84. The lowest BCUT2D eigenvalue weighted by molar-refractivity contribution is 0.0433. The Labute approximate surface area is 74.9 Å². The van der Waals surface area contributed by atoms with Crippen molar-refractivity contribution in [3.63, 3.8) is 0 Å². The number of carbonyl (C=O) groups is 1. The van der Waals surface area contributed by atoms with Crippen molar-refractivity contribution in [2.75, 3.05) is 0 Å². The van der Waals surface area contributed by atoms with Crippen LogP contribution < -0.4 is 0 Å². The minimum atomic E-state index is -0.762. The summed E-state index contributed by atoms with van der Waals surface area (Å²) in [6.45, 7) is 3.08. The molecule has 0 radical (unpaired) electrons. The largest absolute Gasteiger partial charge is 0.444 e. The predicted octanol–water partition coefficient (Wildman–Crippen LogP) is 1.05. The molecule has 1 aromatic rings. The fourth-order valence-corrected chi connectivity index (χ4v) is 0.745. The summed E-state index contributed by atoms with van der Waals surface area (Å²) < 4.78 is 9.39. The van der Waals surface area contributed by atoms with Crippen LogP contribution in [-0.2, 0) is 4.74 Å². The molecule has 1 unspecified atom stereocenters. The van der Waals surface area contributed by atoms with E-state index in [0.29, 0.717) is 5.76 Å². The fourth-order valence-electron chi connectivity index (χ4n) is 0.745. The lowest BCUT2D eigenvalue weighted by Gasteiger charge is -2.03. The minimum absolute atomic E-state index is 0.252. The summed E-state index contributed by atoms with van der Waals surface area (Å²) in [7, 11) is 0. The van der Waals surface area contributed by atoms with E-state index >= 15 is 0 Å². The molecule has 5 nitrogen and oxygen atoms in total. The Balaban J connectivity index is 2.71. The average molecular weight is 180 g/mol. The second-order valence-corrected chi connectivity index (χ2v) is 2.47. The molecule has 0 saturated carbocycles. The summed E-state index contributed by atoms with van der Waals surface area (Å²) >= 11 is 0. The van der Waals surface area contributed by atoms with Gasteiger partial charge in [-0.05, 0) is 13.8 Å². The molecule has 1 aromatic heterocycles. The molecule has 68 valence electrons. The Kier molecular flexibility index (Phi) is 2.65. The van der Waals surface area contributed by atoms with Gasteiger partial charge in [-0.3, -0.25) is 0 Å². The number of nitriles is 1. The SMILES string of the molecule is Cc1oncc1C(=O)OC(C)C#N. The minimum Gasteiger partial charge on any atom is -0.444 e. The van der Waals surface area contributed by atoms with Crippen molar-refractivity contribution < 1.29 is 14.1 Å². The van der Waals surface area contributed by atoms with Gasteiger partial charge in [-0.15, -0.1) is 0 Å². The number of rotatable bonds is 2. The third-order valence-electron chi connectivity index (χ3n) is 1.44. The van der Waals surface area contributed by atoms with E-state index in [2.05, 4.69) is 9.68 Å². The number of hydrogen-bond donors (Lipinski definition) is 0. The molecule has 1 atom stereocenters. The highest BCUT2D eigenvalue weighted by Crippen LogP contribution is 2.08. The van der Waals surface area contributed by atoms with Gasteiger partial charge in [-0.25, -0.2) is 4.79 Å². The monoisotopic (exact) mass is 180 g/mol. The molecule has 0 amide bonds. The molecule has 0 bridgehead atoms. The van der Waals surface area contributed by atoms with Gasteiger partial charge in [0.15, 0.2) is 6.10 Å². The predicted molar refractivity (Wildman–Crippen MR) is 41.7 cm³/mol. The van der Waals surface area contributed by atoms with Gasteiger partial charge < -0.3 is 9.26 Å². The molecule has 0 saturated heterocycles. The molecule has 1 heterocycles. The molecule has 0 aliphatic carbocycles. The fraction of sp³-hybridized carbons (Fsp3) is 0.375. The van der Waals surface area contributed by atoms with E-state index in [1.807, 2.05) is 0 Å². The van der Waals surface area contributed by atoms with Crippen LogP contribution in [0.1, 0.15) is 23.0 Å². The molecule has 0 spiro atoms. The number of ether oxygens (including phenoxy) is 1. The van der Waals surface area contributed by atoms with Crippen LogP contribution in [0.15, 0.2) is 10.7 Å². The zero-order valence-electron chi connectivity index (χ0n) is 7.27. The average Bonchev–Trinajstić information content (AvgIpc) is 2.51. The highest BCUT2D eigenvalue weighted by Gasteiger charge is 2.16. The Morgan fingerprint density at radius 1 is 1.85 bits per heavy atom. The number of hydrogen-bond acceptors (Lipinski definition) is 5. The van der Waals surface area contributed by atoms with Gasteiger partial charge in [0, 0.05) is 0 Å². The molecular weight excluding hydrogens is 172 g/mol. The summed E-state index contributed by atoms with van der Waals surface area (Å²) in [5.41, 5.74) is 0.252. The van der Waals surface area contributed by atoms with Crippen LogP contribution in [0.3, 0.4) is 0 Å². The number of aryl methyl sites for hydroxylation is 1. The summed E-state index contributed by atoms with van der Waals surface area (Å²) in [6.07, 6.45) is 0.503. The molecule has 0 aliphatic rings. The molecule has 0 fully saturated rings. The first-order valence-corrected chi connectivity index (χ1v) is 3.67. The first kappa shape index (κ1) is 9.26. The molecule has 13 heavy (non-hydrogen) atoms. The maximum Gasteiger partial charge on any atom is 0.344 e. The van der Waals surface area contributed by atoms with Gasteiger partial charge in [0.25, 0.3) is 0 Å². The van der Waals surface area contributed by atoms with Crippen molar-refractivity contribution in [1.29, 1.82) is 5.26 Å². The van der Waals surface area contributed by atoms with Gasteiger partial charge in [0.2, 0.25) is 0 Å². The quantitative estimate of drug-likeness (QED) is 0.636. The lowest BCUT2D eigenvalue weighted by Crippen LogP contribution is -2.13. The van der Waals surface area contributed by atoms with Crippen LogP contribution in [0.4, 0.5) is 0 Å². The molecule has 0 aliphatic heterocycles. The van der Waals surface area contributed by atoms with Gasteiger partial charge in [-0.1, -0.05) is 5.16 Å². The number of aromatic nitrogens is 1. The first-order valence-electron chi connectivity index (χ1n) is 3.67. The van der Waals surface area contributed by atoms with Crippen molar-refractivity contribution in [3.05, 3.63) is 17.5 Å². The second kappa shape index (κ2) is 3.72. The summed E-state index contributed by atoms with van der Waals surface area (Å²) in [6, 6.07) is 1.78. The summed E-state index contributed by atoms with van der Waals surface area (Å²) in [5, 5.41) is 11.8. The molecule has 1 rings (SSSR count). The third-order valence-corrected chi connectivity index (χ3v) is 1.44. The number of esters is 1. The van der Waals surface area contributed by atoms with E-state index in [9.17, 15) is 4.79 Å². The van der Waals surface area contributed by atoms with E-state index < -0.39 is 12.1 Å². The zero-order valence-corrected chi connectivity index (χ0v) is 7.27. The van der Waals surface area contributed by atoms with E-state index in [4.69, 9.17) is 10.00 Å². The highest BCUT2D eigenvalue weighted by molar-refractivity contribution is 5.90. The van der Waals surface area contributed by atoms with Gasteiger partial charge in [0.05, 0.1) is 6.20 Å². The number of nitrogens with zero attached hydrogens (tertiary/aromatic N) is 2. The molecular formula is C8H8N2O3. The smallest absolute Gasteiger partial charge is 0.344 e. The lowest BCUT2D eigenvalue weighted by atomic mass is 10.3. The summed E-state index contributed by atoms with van der Waals surface area (Å²) in [4.78, 5) is 11.2. The first-order chi connectivity index (χ1) is 6.15.